The molecule has 0 bridgehead atoms. The average Bonchev–Trinajstić information content (AvgIpc) is 3.23. The fourth-order valence-corrected chi connectivity index (χ4v) is 4.74. The first-order valence-electron chi connectivity index (χ1n) is 9.85. The second kappa shape index (κ2) is 8.12. The van der Waals surface area contributed by atoms with E-state index in [4.69, 9.17) is 4.98 Å². The number of fused-ring (bicyclic) bond motifs is 1. The zero-order valence-electron chi connectivity index (χ0n) is 17.0. The van der Waals surface area contributed by atoms with Gasteiger partial charge in [-0.3, -0.25) is 13.9 Å². The zero-order chi connectivity index (χ0) is 20.5. The molecule has 2 aromatic heterocycles. The highest BCUT2D eigenvalue weighted by atomic mass is 32.2. The van der Waals surface area contributed by atoms with Crippen LogP contribution in [0.5, 0.6) is 0 Å². The molecule has 1 aromatic carbocycles. The van der Waals surface area contributed by atoms with E-state index in [1.807, 2.05) is 31.2 Å². The molecule has 1 saturated heterocycles. The van der Waals surface area contributed by atoms with Crippen LogP contribution < -0.4 is 11.2 Å². The first-order valence-corrected chi connectivity index (χ1v) is 10.8. The van der Waals surface area contributed by atoms with Crippen molar-refractivity contribution < 1.29 is 0 Å². The molecule has 0 radical (unpaired) electrons. The molecule has 0 unspecified atom stereocenters. The largest absolute Gasteiger partial charge is 0.332 e. The fourth-order valence-electron chi connectivity index (χ4n) is 3.72. The number of likely N-dealkylation sites (tertiary alicyclic amines) is 1. The minimum Gasteiger partial charge on any atom is -0.303 e. The number of nitrogens with zero attached hydrogens (tertiary/aromatic N) is 5. The van der Waals surface area contributed by atoms with Crippen LogP contribution in [0.1, 0.15) is 18.4 Å². The van der Waals surface area contributed by atoms with Crippen LogP contribution in [0.25, 0.3) is 22.4 Å². The van der Waals surface area contributed by atoms with Gasteiger partial charge < -0.3 is 4.90 Å². The lowest BCUT2D eigenvalue weighted by atomic mass is 10.1. The SMILES string of the molecule is Cc1cccc(-c2nc(SCCN3CCCC3)c3c(=O)n(C)c(=O)n(C)c3n2)c1. The van der Waals surface area contributed by atoms with Crippen LogP contribution in [-0.2, 0) is 14.1 Å². The smallest absolute Gasteiger partial charge is 0.303 e. The first-order chi connectivity index (χ1) is 14.0. The Kier molecular flexibility index (Phi) is 5.56. The summed E-state index contributed by atoms with van der Waals surface area (Å²) in [5.41, 5.74) is 1.63. The van der Waals surface area contributed by atoms with E-state index in [9.17, 15) is 9.59 Å². The molecule has 0 atom stereocenters. The zero-order valence-corrected chi connectivity index (χ0v) is 17.8. The minimum absolute atomic E-state index is 0.345. The van der Waals surface area contributed by atoms with Gasteiger partial charge >= 0.3 is 5.69 Å². The molecule has 1 aliphatic heterocycles. The van der Waals surface area contributed by atoms with Crippen LogP contribution in [0.15, 0.2) is 38.9 Å². The lowest BCUT2D eigenvalue weighted by Gasteiger charge is -2.15. The topological polar surface area (TPSA) is 73.0 Å². The van der Waals surface area contributed by atoms with E-state index in [0.29, 0.717) is 21.9 Å². The molecule has 1 aliphatic rings. The molecular weight excluding hydrogens is 386 g/mol. The van der Waals surface area contributed by atoms with Crippen molar-refractivity contribution in [3.8, 4) is 11.4 Å². The number of rotatable bonds is 5. The molecule has 7 nitrogen and oxygen atoms in total. The summed E-state index contributed by atoms with van der Waals surface area (Å²) in [5.74, 6) is 1.37. The molecule has 152 valence electrons. The number of hydrogen-bond donors (Lipinski definition) is 0. The normalized spacial score (nSPS) is 14.7. The third-order valence-electron chi connectivity index (χ3n) is 5.39. The summed E-state index contributed by atoms with van der Waals surface area (Å²) < 4.78 is 2.56. The molecule has 1 fully saturated rings. The van der Waals surface area contributed by atoms with Crippen molar-refractivity contribution in [3.05, 3.63) is 50.7 Å². The average molecular weight is 412 g/mol. The van der Waals surface area contributed by atoms with Crippen molar-refractivity contribution in [2.75, 3.05) is 25.4 Å². The lowest BCUT2D eigenvalue weighted by molar-refractivity contribution is 0.362. The number of thioether (sulfide) groups is 1. The number of hydrogen-bond acceptors (Lipinski definition) is 6. The van der Waals surface area contributed by atoms with Gasteiger partial charge in [0.05, 0.1) is 0 Å². The Morgan fingerprint density at radius 2 is 1.83 bits per heavy atom. The molecule has 0 N–H and O–H groups in total. The number of aromatic nitrogens is 4. The summed E-state index contributed by atoms with van der Waals surface area (Å²) in [6, 6.07) is 7.94. The van der Waals surface area contributed by atoms with Crippen molar-refractivity contribution in [3.63, 3.8) is 0 Å². The van der Waals surface area contributed by atoms with Crippen LogP contribution in [0.4, 0.5) is 0 Å². The van der Waals surface area contributed by atoms with E-state index in [1.165, 1.54) is 24.5 Å². The van der Waals surface area contributed by atoms with E-state index in [0.717, 1.165) is 41.1 Å². The van der Waals surface area contributed by atoms with Crippen molar-refractivity contribution in [1.82, 2.24) is 24.0 Å². The second-order valence-electron chi connectivity index (χ2n) is 7.52. The summed E-state index contributed by atoms with van der Waals surface area (Å²) >= 11 is 1.57. The van der Waals surface area contributed by atoms with E-state index in [1.54, 1.807) is 18.8 Å². The van der Waals surface area contributed by atoms with E-state index < -0.39 is 0 Å². The number of aryl methyl sites for hydroxylation is 2. The minimum atomic E-state index is -0.385. The third kappa shape index (κ3) is 3.86. The van der Waals surface area contributed by atoms with Crippen LogP contribution in [0, 0.1) is 6.92 Å². The maximum Gasteiger partial charge on any atom is 0.332 e. The molecule has 8 heteroatoms. The third-order valence-corrected chi connectivity index (χ3v) is 6.34. The lowest BCUT2D eigenvalue weighted by Crippen LogP contribution is -2.37. The van der Waals surface area contributed by atoms with Gasteiger partial charge in [-0.05, 0) is 38.9 Å². The van der Waals surface area contributed by atoms with Crippen LogP contribution in [-0.4, -0.2) is 49.4 Å². The van der Waals surface area contributed by atoms with Gasteiger partial charge in [0.15, 0.2) is 11.5 Å². The maximum atomic E-state index is 12.9. The molecule has 3 aromatic rings. The highest BCUT2D eigenvalue weighted by Gasteiger charge is 2.19. The number of benzene rings is 1. The van der Waals surface area contributed by atoms with Crippen molar-refractivity contribution in [2.45, 2.75) is 24.8 Å². The van der Waals surface area contributed by atoms with Gasteiger partial charge in [-0.15, -0.1) is 11.8 Å². The molecule has 4 rings (SSSR count). The Hall–Kier alpha value is -2.45. The summed E-state index contributed by atoms with van der Waals surface area (Å²) in [5, 5.41) is 1.05. The van der Waals surface area contributed by atoms with E-state index in [2.05, 4.69) is 9.88 Å². The summed E-state index contributed by atoms with van der Waals surface area (Å²) in [6.45, 7) is 5.25. The summed E-state index contributed by atoms with van der Waals surface area (Å²) in [7, 11) is 3.15. The highest BCUT2D eigenvalue weighted by molar-refractivity contribution is 7.99. The Labute approximate surface area is 173 Å². The van der Waals surface area contributed by atoms with E-state index in [-0.39, 0.29) is 11.2 Å². The predicted octanol–water partition coefficient (Wildman–Crippen LogP) is 2.19. The van der Waals surface area contributed by atoms with Gasteiger partial charge in [-0.1, -0.05) is 23.8 Å². The monoisotopic (exact) mass is 411 g/mol. The Morgan fingerprint density at radius 3 is 2.55 bits per heavy atom. The Bertz CT molecular complexity index is 1180. The second-order valence-corrected chi connectivity index (χ2v) is 8.61. The van der Waals surface area contributed by atoms with Crippen molar-refractivity contribution in [2.24, 2.45) is 14.1 Å². The van der Waals surface area contributed by atoms with Crippen LogP contribution in [0.2, 0.25) is 0 Å². The van der Waals surface area contributed by atoms with Gasteiger partial charge in [0, 0.05) is 32.0 Å². The van der Waals surface area contributed by atoms with Gasteiger partial charge in [0.1, 0.15) is 10.4 Å². The van der Waals surface area contributed by atoms with E-state index >= 15 is 0 Å². The highest BCUT2D eigenvalue weighted by Crippen LogP contribution is 2.26. The Morgan fingerprint density at radius 1 is 1.07 bits per heavy atom. The van der Waals surface area contributed by atoms with Gasteiger partial charge in [-0.2, -0.15) is 0 Å². The molecule has 0 saturated carbocycles. The first kappa shape index (κ1) is 19.8. The molecule has 0 amide bonds. The fraction of sp³-hybridized carbons (Fsp3) is 0.429. The van der Waals surface area contributed by atoms with Crippen LogP contribution in [0.3, 0.4) is 0 Å². The van der Waals surface area contributed by atoms with Gasteiger partial charge in [0.2, 0.25) is 0 Å². The molecule has 3 heterocycles. The van der Waals surface area contributed by atoms with Gasteiger partial charge in [-0.25, -0.2) is 14.8 Å². The quantitative estimate of drug-likeness (QED) is 0.473. The Balaban J connectivity index is 1.83. The predicted molar refractivity (Wildman–Crippen MR) is 117 cm³/mol. The summed E-state index contributed by atoms with van der Waals surface area (Å²) in [4.78, 5) is 37.1. The summed E-state index contributed by atoms with van der Waals surface area (Å²) in [6.07, 6.45) is 2.50. The molecule has 0 spiro atoms. The molecule has 29 heavy (non-hydrogen) atoms. The molecular formula is C21H25N5O2S. The van der Waals surface area contributed by atoms with Crippen molar-refractivity contribution in [1.29, 1.82) is 0 Å². The van der Waals surface area contributed by atoms with Crippen LogP contribution >= 0.6 is 11.8 Å². The standard InChI is InChI=1S/C21H25N5O2S/c1-14-7-6-8-15(13-14)17-22-18-16(20(27)25(3)21(28)24(18)2)19(23-17)29-12-11-26-9-4-5-10-26/h6-8,13H,4-5,9-12H2,1-3H3. The molecule has 0 aliphatic carbocycles. The maximum absolute atomic E-state index is 12.9. The van der Waals surface area contributed by atoms with Gasteiger partial charge in [0.25, 0.3) is 5.56 Å². The van der Waals surface area contributed by atoms with Crippen molar-refractivity contribution >= 4 is 22.8 Å².